The van der Waals surface area contributed by atoms with Crippen LogP contribution in [0.1, 0.15) is 23.1 Å². The minimum absolute atomic E-state index is 0.138. The summed E-state index contributed by atoms with van der Waals surface area (Å²) in [7, 11) is 1.59. The molecule has 0 radical (unpaired) electrons. The minimum atomic E-state index is -0.294. The van der Waals surface area contributed by atoms with E-state index in [1.807, 2.05) is 44.2 Å². The second kappa shape index (κ2) is 10.0. The molecule has 0 spiro atoms. The molecule has 4 rings (SSSR count). The molecule has 0 unspecified atom stereocenters. The first kappa shape index (κ1) is 22.7. The van der Waals surface area contributed by atoms with E-state index in [-0.39, 0.29) is 17.5 Å². The van der Waals surface area contributed by atoms with Gasteiger partial charge in [0.05, 0.1) is 35.0 Å². The number of benzene rings is 3. The van der Waals surface area contributed by atoms with E-state index in [2.05, 4.69) is 5.32 Å². The number of ether oxygens (including phenoxy) is 1. The molecule has 0 bridgehead atoms. The Kier molecular flexibility index (Phi) is 6.89. The number of thioether (sulfide) groups is 1. The predicted octanol–water partition coefficient (Wildman–Crippen LogP) is 6.38. The van der Waals surface area contributed by atoms with E-state index in [0.717, 1.165) is 38.8 Å². The van der Waals surface area contributed by atoms with Crippen LogP contribution in [0.25, 0.3) is 0 Å². The number of nitrogens with one attached hydrogen (secondary N) is 1. The van der Waals surface area contributed by atoms with E-state index in [1.54, 1.807) is 25.3 Å². The summed E-state index contributed by atoms with van der Waals surface area (Å²) in [5.74, 6) is 0.446. The van der Waals surface area contributed by atoms with Gasteiger partial charge in [-0.15, -0.1) is 11.8 Å². The number of hydrogen-bond donors (Lipinski definition) is 1. The third-order valence-electron chi connectivity index (χ3n) is 5.31. The van der Waals surface area contributed by atoms with Crippen molar-refractivity contribution >= 4 is 45.5 Å². The zero-order valence-electron chi connectivity index (χ0n) is 18.7. The number of carbonyl (C=O) groups is 1. The van der Waals surface area contributed by atoms with Gasteiger partial charge in [0.1, 0.15) is 11.6 Å². The van der Waals surface area contributed by atoms with Crippen LogP contribution in [0, 0.1) is 19.7 Å². The molecule has 0 atom stereocenters. The highest BCUT2D eigenvalue weighted by Gasteiger charge is 2.18. The molecule has 0 saturated heterocycles. The Bertz CT molecular complexity index is 1250. The van der Waals surface area contributed by atoms with Gasteiger partial charge in [-0.2, -0.15) is 0 Å². The summed E-state index contributed by atoms with van der Waals surface area (Å²) in [5.41, 5.74) is 6.08. The van der Waals surface area contributed by atoms with E-state index in [0.29, 0.717) is 17.9 Å². The van der Waals surface area contributed by atoms with Gasteiger partial charge in [-0.05, 0) is 66.9 Å². The second-order valence-electron chi connectivity index (χ2n) is 7.74. The maximum atomic E-state index is 13.5. The molecule has 0 aromatic heterocycles. The smallest absolute Gasteiger partial charge is 0.234 e. The summed E-state index contributed by atoms with van der Waals surface area (Å²) in [5, 5.41) is 3.67. The molecular formula is C26H24FN3O2S. The number of fused-ring (bicyclic) bond motifs is 1. The number of carbonyl (C=O) groups excluding carboxylic acids is 1. The Labute approximate surface area is 196 Å². The zero-order valence-corrected chi connectivity index (χ0v) is 19.5. The number of anilines is 1. The molecule has 168 valence electrons. The lowest BCUT2D eigenvalue weighted by Gasteiger charge is -2.09. The maximum Gasteiger partial charge on any atom is 0.234 e. The molecule has 3 aromatic rings. The maximum absolute atomic E-state index is 13.5. The fourth-order valence-electron chi connectivity index (χ4n) is 3.41. The quantitative estimate of drug-likeness (QED) is 0.480. The van der Waals surface area contributed by atoms with Gasteiger partial charge in [-0.1, -0.05) is 18.2 Å². The highest BCUT2D eigenvalue weighted by molar-refractivity contribution is 8.14. The summed E-state index contributed by atoms with van der Waals surface area (Å²) >= 11 is 1.38. The van der Waals surface area contributed by atoms with Gasteiger partial charge in [0, 0.05) is 18.2 Å². The summed E-state index contributed by atoms with van der Waals surface area (Å²) in [6, 6.07) is 17.5. The van der Waals surface area contributed by atoms with Crippen molar-refractivity contribution in [2.24, 2.45) is 9.98 Å². The van der Waals surface area contributed by atoms with Gasteiger partial charge >= 0.3 is 0 Å². The van der Waals surface area contributed by atoms with Gasteiger partial charge in [0.2, 0.25) is 5.91 Å². The van der Waals surface area contributed by atoms with Crippen LogP contribution in [0.15, 0.2) is 70.6 Å². The van der Waals surface area contributed by atoms with Crippen molar-refractivity contribution in [3.05, 3.63) is 83.2 Å². The van der Waals surface area contributed by atoms with E-state index < -0.39 is 0 Å². The van der Waals surface area contributed by atoms with E-state index in [1.165, 1.54) is 23.9 Å². The first-order chi connectivity index (χ1) is 15.9. The Hall–Kier alpha value is -3.45. The third-order valence-corrected chi connectivity index (χ3v) is 6.29. The molecule has 33 heavy (non-hydrogen) atoms. The molecule has 1 aliphatic heterocycles. The number of nitrogens with zero attached hydrogens (tertiary/aromatic N) is 2. The fourth-order valence-corrected chi connectivity index (χ4v) is 4.18. The first-order valence-electron chi connectivity index (χ1n) is 10.5. The lowest BCUT2D eigenvalue weighted by molar-refractivity contribution is -0.113. The van der Waals surface area contributed by atoms with Gasteiger partial charge < -0.3 is 10.1 Å². The molecule has 1 amide bonds. The average molecular weight is 462 g/mol. The van der Waals surface area contributed by atoms with Gasteiger partial charge in [-0.25, -0.2) is 9.38 Å². The second-order valence-corrected chi connectivity index (χ2v) is 8.79. The van der Waals surface area contributed by atoms with Crippen LogP contribution in [-0.4, -0.2) is 29.5 Å². The van der Waals surface area contributed by atoms with Crippen molar-refractivity contribution in [3.63, 3.8) is 0 Å². The topological polar surface area (TPSA) is 63.0 Å². The average Bonchev–Trinajstić information content (AvgIpc) is 2.97. The number of methoxy groups -OCH3 is 1. The summed E-state index contributed by atoms with van der Waals surface area (Å²) < 4.78 is 18.7. The van der Waals surface area contributed by atoms with Crippen LogP contribution < -0.4 is 10.1 Å². The van der Waals surface area contributed by atoms with Crippen molar-refractivity contribution in [2.75, 3.05) is 18.2 Å². The Balaban J connectivity index is 1.56. The summed E-state index contributed by atoms with van der Waals surface area (Å²) in [4.78, 5) is 22.3. The molecule has 0 saturated carbocycles. The van der Waals surface area contributed by atoms with Crippen LogP contribution in [0.4, 0.5) is 21.5 Å². The van der Waals surface area contributed by atoms with Crippen LogP contribution in [-0.2, 0) is 4.79 Å². The molecule has 7 heteroatoms. The van der Waals surface area contributed by atoms with Gasteiger partial charge in [-0.3, -0.25) is 9.79 Å². The Morgan fingerprint density at radius 3 is 2.42 bits per heavy atom. The molecule has 0 fully saturated rings. The van der Waals surface area contributed by atoms with Crippen LogP contribution in [0.5, 0.6) is 5.75 Å². The number of hydrogen-bond acceptors (Lipinski definition) is 5. The number of amides is 1. The molecule has 1 aliphatic rings. The molecular weight excluding hydrogens is 437 g/mol. The zero-order chi connectivity index (χ0) is 23.4. The first-order valence-corrected chi connectivity index (χ1v) is 11.5. The summed E-state index contributed by atoms with van der Waals surface area (Å²) in [6.45, 7) is 4.07. The van der Waals surface area contributed by atoms with Crippen molar-refractivity contribution in [3.8, 4) is 5.75 Å². The largest absolute Gasteiger partial charge is 0.497 e. The Morgan fingerprint density at radius 2 is 1.73 bits per heavy atom. The molecule has 3 aromatic carbocycles. The molecule has 1 heterocycles. The van der Waals surface area contributed by atoms with Crippen molar-refractivity contribution < 1.29 is 13.9 Å². The third kappa shape index (κ3) is 5.68. The monoisotopic (exact) mass is 461 g/mol. The van der Waals surface area contributed by atoms with Crippen molar-refractivity contribution in [1.29, 1.82) is 0 Å². The minimum Gasteiger partial charge on any atom is -0.497 e. The molecule has 0 aliphatic carbocycles. The number of aliphatic imine (C=N–C) groups is 2. The Morgan fingerprint density at radius 1 is 1.03 bits per heavy atom. The lowest BCUT2D eigenvalue weighted by atomic mass is 10.1. The molecule has 5 nitrogen and oxygen atoms in total. The van der Waals surface area contributed by atoms with Crippen LogP contribution in [0.2, 0.25) is 0 Å². The SMILES string of the molecule is COc1cccc(NC(=O)CSC2=Nc3cc(C)c(C)cc3N=C(c3ccc(F)cc3)C2)c1. The van der Waals surface area contributed by atoms with Gasteiger partial charge in [0.25, 0.3) is 0 Å². The summed E-state index contributed by atoms with van der Waals surface area (Å²) in [6.07, 6.45) is 0.454. The van der Waals surface area contributed by atoms with Crippen molar-refractivity contribution in [2.45, 2.75) is 20.3 Å². The number of aryl methyl sites for hydroxylation is 2. The fraction of sp³-hybridized carbons (Fsp3) is 0.192. The predicted molar refractivity (Wildman–Crippen MR) is 134 cm³/mol. The molecule has 1 N–H and O–H groups in total. The van der Waals surface area contributed by atoms with Crippen LogP contribution >= 0.6 is 11.8 Å². The lowest BCUT2D eigenvalue weighted by Crippen LogP contribution is -2.16. The van der Waals surface area contributed by atoms with Crippen LogP contribution in [0.3, 0.4) is 0 Å². The number of halogens is 1. The highest BCUT2D eigenvalue weighted by atomic mass is 32.2. The normalized spacial score (nSPS) is 12.8. The standard InChI is InChI=1S/C26H24FN3O2S/c1-16-11-23-24(12-17(16)2)30-26(14-22(29-23)18-7-9-19(27)10-8-18)33-15-25(31)28-20-5-4-6-21(13-20)32-3/h4-13H,14-15H2,1-3H3,(H,28,31). The number of rotatable bonds is 5. The van der Waals surface area contributed by atoms with Gasteiger partial charge in [0.15, 0.2) is 0 Å². The van der Waals surface area contributed by atoms with E-state index >= 15 is 0 Å². The highest BCUT2D eigenvalue weighted by Crippen LogP contribution is 2.36. The van der Waals surface area contributed by atoms with E-state index in [4.69, 9.17) is 14.7 Å². The van der Waals surface area contributed by atoms with Crippen molar-refractivity contribution in [1.82, 2.24) is 0 Å². The van der Waals surface area contributed by atoms with E-state index in [9.17, 15) is 9.18 Å².